The minimum atomic E-state index is -4.35. The molecule has 216 valence electrons. The van der Waals surface area contributed by atoms with Gasteiger partial charge in [0.25, 0.3) is 11.8 Å². The van der Waals surface area contributed by atoms with Crippen LogP contribution in [-0.4, -0.2) is 51.5 Å². The number of alkyl halides is 3. The predicted molar refractivity (Wildman–Crippen MR) is 140 cm³/mol. The lowest BCUT2D eigenvalue weighted by Crippen LogP contribution is -2.58. The van der Waals surface area contributed by atoms with Gasteiger partial charge in [0, 0.05) is 23.7 Å². The Morgan fingerprint density at radius 1 is 1.22 bits per heavy atom. The first-order valence-electron chi connectivity index (χ1n) is 13.2. The number of nitriles is 1. The average molecular weight is 571 g/mol. The zero-order chi connectivity index (χ0) is 29.6. The normalized spacial score (nSPS) is 22.0. The Morgan fingerprint density at radius 2 is 1.95 bits per heavy atom. The molecule has 1 aromatic carbocycles. The van der Waals surface area contributed by atoms with E-state index in [0.29, 0.717) is 10.9 Å². The Bertz CT molecular complexity index is 1530. The third kappa shape index (κ3) is 5.77. The molecule has 0 saturated heterocycles. The fourth-order valence-electron chi connectivity index (χ4n) is 5.60. The number of nitrogens with two attached hydrogens (primary N) is 1. The number of amides is 2. The van der Waals surface area contributed by atoms with Gasteiger partial charge < -0.3 is 20.5 Å². The summed E-state index contributed by atoms with van der Waals surface area (Å²) in [6.45, 7) is 2.70. The Morgan fingerprint density at radius 3 is 2.61 bits per heavy atom. The first-order chi connectivity index (χ1) is 19.3. The van der Waals surface area contributed by atoms with E-state index in [9.17, 15) is 28.0 Å². The smallest absolute Gasteiger partial charge is 0.392 e. The molecule has 2 heterocycles. The van der Waals surface area contributed by atoms with Gasteiger partial charge in [-0.15, -0.1) is 0 Å². The fourth-order valence-corrected chi connectivity index (χ4v) is 5.60. The molecule has 41 heavy (non-hydrogen) atoms. The van der Waals surface area contributed by atoms with Gasteiger partial charge in [0.15, 0.2) is 5.69 Å². The number of hydrogen-bond acceptors (Lipinski definition) is 7. The molecule has 2 amide bonds. The van der Waals surface area contributed by atoms with Crippen molar-refractivity contribution in [1.82, 2.24) is 20.1 Å². The summed E-state index contributed by atoms with van der Waals surface area (Å²) in [6.07, 6.45) is -0.976. The van der Waals surface area contributed by atoms with Crippen molar-refractivity contribution in [3.8, 4) is 17.7 Å². The standard InChI is InChI=1S/C28H29F3N6O4/c1-26(2,15-32)37-21-10-17(40-9-7-28(29,30)31)5-6-19(21)22(36-37)24(39)35-16-11-27(12-16)13-18(14-27)41-25-20(23(33)38)4-3-8-34-25/h3-6,8,10,16,18H,7,9,11-14H2,1-2H3,(H2,33,38)(H,35,39). The summed E-state index contributed by atoms with van der Waals surface area (Å²) in [5.41, 5.74) is 5.06. The van der Waals surface area contributed by atoms with Crippen LogP contribution < -0.4 is 20.5 Å². The highest BCUT2D eigenvalue weighted by atomic mass is 19.4. The number of primary amides is 1. The zero-order valence-electron chi connectivity index (χ0n) is 22.5. The lowest BCUT2D eigenvalue weighted by Gasteiger charge is -2.57. The van der Waals surface area contributed by atoms with Crippen molar-refractivity contribution in [1.29, 1.82) is 5.26 Å². The van der Waals surface area contributed by atoms with Gasteiger partial charge in [0.1, 0.15) is 23.0 Å². The molecule has 2 fully saturated rings. The number of nitrogens with zero attached hydrogens (tertiary/aromatic N) is 4. The van der Waals surface area contributed by atoms with Crippen molar-refractivity contribution < 1.29 is 32.2 Å². The maximum Gasteiger partial charge on any atom is 0.392 e. The minimum absolute atomic E-state index is 0.0389. The second-order valence-electron chi connectivity index (χ2n) is 11.3. The number of pyridine rings is 1. The molecule has 2 aliphatic rings. The van der Waals surface area contributed by atoms with E-state index in [4.69, 9.17) is 15.2 Å². The molecule has 0 radical (unpaired) electrons. The molecule has 2 aromatic heterocycles. The highest BCUT2D eigenvalue weighted by Crippen LogP contribution is 2.56. The monoisotopic (exact) mass is 570 g/mol. The van der Waals surface area contributed by atoms with Gasteiger partial charge in [-0.2, -0.15) is 23.5 Å². The van der Waals surface area contributed by atoms with E-state index in [2.05, 4.69) is 21.5 Å². The Balaban J connectivity index is 1.23. The van der Waals surface area contributed by atoms with Crippen LogP contribution in [0.2, 0.25) is 0 Å². The number of halogens is 3. The lowest BCUT2D eigenvalue weighted by atomic mass is 9.53. The number of carbonyl (C=O) groups excluding carboxylic acids is 2. The molecule has 2 saturated carbocycles. The number of ether oxygens (including phenoxy) is 2. The molecule has 5 rings (SSSR count). The summed E-state index contributed by atoms with van der Waals surface area (Å²) in [4.78, 5) is 29.0. The topological polar surface area (TPSA) is 145 Å². The first-order valence-corrected chi connectivity index (χ1v) is 13.2. The van der Waals surface area contributed by atoms with Crippen LogP contribution in [0.3, 0.4) is 0 Å². The predicted octanol–water partition coefficient (Wildman–Crippen LogP) is 4.24. The summed E-state index contributed by atoms with van der Waals surface area (Å²) < 4.78 is 50.2. The Labute approximate surface area is 233 Å². The molecule has 0 bridgehead atoms. The minimum Gasteiger partial charge on any atom is -0.493 e. The van der Waals surface area contributed by atoms with E-state index in [1.807, 2.05) is 0 Å². The van der Waals surface area contributed by atoms with Crippen LogP contribution in [0.25, 0.3) is 10.9 Å². The summed E-state index contributed by atoms with van der Waals surface area (Å²) in [5.74, 6) is -0.604. The Hall–Kier alpha value is -4.34. The number of benzene rings is 1. The van der Waals surface area contributed by atoms with Crippen molar-refractivity contribution >= 4 is 22.7 Å². The summed E-state index contributed by atoms with van der Waals surface area (Å²) in [5, 5.41) is 17.6. The van der Waals surface area contributed by atoms with Crippen LogP contribution in [0.15, 0.2) is 36.5 Å². The number of aromatic nitrogens is 3. The summed E-state index contributed by atoms with van der Waals surface area (Å²) in [7, 11) is 0. The van der Waals surface area contributed by atoms with Gasteiger partial charge in [0.05, 0.1) is 24.6 Å². The van der Waals surface area contributed by atoms with Crippen molar-refractivity contribution in [3.63, 3.8) is 0 Å². The van der Waals surface area contributed by atoms with E-state index in [1.54, 1.807) is 32.0 Å². The van der Waals surface area contributed by atoms with Gasteiger partial charge in [-0.3, -0.25) is 9.59 Å². The molecule has 1 spiro atoms. The molecule has 0 aliphatic heterocycles. The van der Waals surface area contributed by atoms with Gasteiger partial charge >= 0.3 is 6.18 Å². The van der Waals surface area contributed by atoms with E-state index in [0.717, 1.165) is 25.7 Å². The third-order valence-electron chi connectivity index (χ3n) is 7.66. The second-order valence-corrected chi connectivity index (χ2v) is 11.3. The summed E-state index contributed by atoms with van der Waals surface area (Å²) in [6, 6.07) is 9.80. The molecular weight excluding hydrogens is 541 g/mol. The molecule has 10 nitrogen and oxygen atoms in total. The molecule has 0 unspecified atom stereocenters. The number of nitrogens with one attached hydrogen (secondary N) is 1. The highest BCUT2D eigenvalue weighted by Gasteiger charge is 2.54. The average Bonchev–Trinajstić information content (AvgIpc) is 3.25. The Kier molecular flexibility index (Phi) is 7.05. The SMILES string of the molecule is CC(C)(C#N)n1nc(C(=O)NC2CC3(C2)CC(Oc2ncccc2C(N)=O)C3)c2ccc(OCCC(F)(F)F)cc21. The molecular formula is C28H29F3N6O4. The molecule has 3 N–H and O–H groups in total. The quantitative estimate of drug-likeness (QED) is 0.391. The van der Waals surface area contributed by atoms with E-state index in [1.165, 1.54) is 23.0 Å². The van der Waals surface area contributed by atoms with E-state index >= 15 is 0 Å². The van der Waals surface area contributed by atoms with E-state index < -0.39 is 36.6 Å². The lowest BCUT2D eigenvalue weighted by molar-refractivity contribution is -0.139. The zero-order valence-corrected chi connectivity index (χ0v) is 22.5. The number of fused-ring (bicyclic) bond motifs is 1. The largest absolute Gasteiger partial charge is 0.493 e. The van der Waals surface area contributed by atoms with Crippen molar-refractivity contribution in [2.24, 2.45) is 11.1 Å². The van der Waals surface area contributed by atoms with E-state index in [-0.39, 0.29) is 40.4 Å². The molecule has 3 aromatic rings. The van der Waals surface area contributed by atoms with Crippen LogP contribution in [0.5, 0.6) is 11.6 Å². The van der Waals surface area contributed by atoms with Gasteiger partial charge in [-0.1, -0.05) is 0 Å². The van der Waals surface area contributed by atoms with Crippen molar-refractivity contribution in [2.75, 3.05) is 6.61 Å². The maximum absolute atomic E-state index is 13.3. The van der Waals surface area contributed by atoms with Crippen LogP contribution >= 0.6 is 0 Å². The molecule has 0 atom stereocenters. The maximum atomic E-state index is 13.3. The molecule has 2 aliphatic carbocycles. The van der Waals surface area contributed by atoms with Crippen molar-refractivity contribution in [2.45, 2.75) is 69.8 Å². The fraction of sp³-hybridized carbons (Fsp3) is 0.464. The first kappa shape index (κ1) is 28.2. The molecule has 13 heteroatoms. The summed E-state index contributed by atoms with van der Waals surface area (Å²) >= 11 is 0. The van der Waals surface area contributed by atoms with Crippen LogP contribution in [0.4, 0.5) is 13.2 Å². The van der Waals surface area contributed by atoms with Gasteiger partial charge in [0.2, 0.25) is 5.88 Å². The van der Waals surface area contributed by atoms with Crippen LogP contribution in [0.1, 0.15) is 66.8 Å². The van der Waals surface area contributed by atoms with Crippen molar-refractivity contribution in [3.05, 3.63) is 47.8 Å². The highest BCUT2D eigenvalue weighted by molar-refractivity contribution is 6.05. The van der Waals surface area contributed by atoms with Crippen LogP contribution in [0, 0.1) is 16.7 Å². The third-order valence-corrected chi connectivity index (χ3v) is 7.66. The van der Waals surface area contributed by atoms with Crippen LogP contribution in [-0.2, 0) is 5.54 Å². The second kappa shape index (κ2) is 10.2. The number of carbonyl (C=O) groups is 2. The van der Waals surface area contributed by atoms with Gasteiger partial charge in [-0.25, -0.2) is 9.67 Å². The number of hydrogen-bond donors (Lipinski definition) is 2. The van der Waals surface area contributed by atoms with Gasteiger partial charge in [-0.05, 0) is 69.2 Å². The number of rotatable bonds is 9.